The minimum absolute atomic E-state index is 0.00465. The van der Waals surface area contributed by atoms with Gasteiger partial charge in [-0.05, 0) is 6.07 Å². The molecule has 6 heteroatoms. The molecule has 1 rings (SSSR count). The van der Waals surface area contributed by atoms with E-state index in [1.54, 1.807) is 25.9 Å². The zero-order valence-corrected chi connectivity index (χ0v) is 12.2. The SMILES string of the molecule is CCC(=O)/C(=C\N(C)C)C(=O)NCc1ccc(F)cc1F. The number of rotatable bonds is 6. The van der Waals surface area contributed by atoms with Gasteiger partial charge in [-0.2, -0.15) is 0 Å². The highest BCUT2D eigenvalue weighted by Gasteiger charge is 2.17. The average Bonchev–Trinajstić information content (AvgIpc) is 2.42. The zero-order valence-electron chi connectivity index (χ0n) is 12.2. The van der Waals surface area contributed by atoms with Gasteiger partial charge < -0.3 is 10.2 Å². The molecule has 0 saturated carbocycles. The Hall–Kier alpha value is -2.24. The van der Waals surface area contributed by atoms with Gasteiger partial charge in [0.1, 0.15) is 11.6 Å². The second-order valence-electron chi connectivity index (χ2n) is 4.70. The van der Waals surface area contributed by atoms with Crippen molar-refractivity contribution < 1.29 is 18.4 Å². The van der Waals surface area contributed by atoms with Crippen LogP contribution in [-0.4, -0.2) is 30.7 Å². The molecule has 0 aromatic heterocycles. The topological polar surface area (TPSA) is 49.4 Å². The Labute approximate surface area is 122 Å². The molecule has 0 unspecified atom stereocenters. The Balaban J connectivity index is 2.81. The van der Waals surface area contributed by atoms with Crippen molar-refractivity contribution in [1.29, 1.82) is 0 Å². The summed E-state index contributed by atoms with van der Waals surface area (Å²) in [5, 5.41) is 2.46. The average molecular weight is 296 g/mol. The van der Waals surface area contributed by atoms with Crippen LogP contribution in [0, 0.1) is 11.6 Å². The Morgan fingerprint density at radius 1 is 1.29 bits per heavy atom. The van der Waals surface area contributed by atoms with E-state index in [1.807, 2.05) is 0 Å². The van der Waals surface area contributed by atoms with Crippen molar-refractivity contribution in [3.05, 3.63) is 47.2 Å². The summed E-state index contributed by atoms with van der Waals surface area (Å²) < 4.78 is 26.2. The minimum Gasteiger partial charge on any atom is -0.383 e. The van der Waals surface area contributed by atoms with Crippen molar-refractivity contribution in [2.75, 3.05) is 14.1 Å². The molecule has 0 aliphatic carbocycles. The quantitative estimate of drug-likeness (QED) is 0.496. The predicted octanol–water partition coefficient (Wildman–Crippen LogP) is 2.01. The minimum atomic E-state index is -0.741. The van der Waals surface area contributed by atoms with E-state index in [0.717, 1.165) is 12.1 Å². The summed E-state index contributed by atoms with van der Waals surface area (Å²) in [4.78, 5) is 25.3. The maximum Gasteiger partial charge on any atom is 0.256 e. The molecular weight excluding hydrogens is 278 g/mol. The van der Waals surface area contributed by atoms with Crippen LogP contribution < -0.4 is 5.32 Å². The maximum atomic E-state index is 13.5. The smallest absolute Gasteiger partial charge is 0.256 e. The number of nitrogens with one attached hydrogen (secondary N) is 1. The number of benzene rings is 1. The Bertz CT molecular complexity index is 569. The van der Waals surface area contributed by atoms with Crippen LogP contribution in [0.3, 0.4) is 0 Å². The van der Waals surface area contributed by atoms with Gasteiger partial charge in [0, 0.05) is 44.9 Å². The molecule has 0 aliphatic heterocycles. The maximum absolute atomic E-state index is 13.5. The van der Waals surface area contributed by atoms with Gasteiger partial charge >= 0.3 is 0 Å². The van der Waals surface area contributed by atoms with E-state index in [4.69, 9.17) is 0 Å². The normalized spacial score (nSPS) is 11.2. The second-order valence-corrected chi connectivity index (χ2v) is 4.70. The Morgan fingerprint density at radius 2 is 1.95 bits per heavy atom. The van der Waals surface area contributed by atoms with Crippen LogP contribution in [0.25, 0.3) is 0 Å². The number of carbonyl (C=O) groups is 2. The number of hydrogen-bond acceptors (Lipinski definition) is 3. The highest BCUT2D eigenvalue weighted by molar-refractivity contribution is 6.19. The molecule has 0 radical (unpaired) electrons. The molecule has 0 fully saturated rings. The first-order chi connectivity index (χ1) is 9.85. The van der Waals surface area contributed by atoms with Crippen LogP contribution in [0.15, 0.2) is 30.0 Å². The van der Waals surface area contributed by atoms with Gasteiger partial charge in [-0.1, -0.05) is 13.0 Å². The largest absolute Gasteiger partial charge is 0.383 e. The van der Waals surface area contributed by atoms with Gasteiger partial charge in [0.2, 0.25) is 0 Å². The number of hydrogen-bond donors (Lipinski definition) is 1. The van der Waals surface area contributed by atoms with E-state index in [9.17, 15) is 18.4 Å². The highest BCUT2D eigenvalue weighted by Crippen LogP contribution is 2.10. The van der Waals surface area contributed by atoms with Crippen LogP contribution in [0.4, 0.5) is 8.78 Å². The summed E-state index contributed by atoms with van der Waals surface area (Å²) in [6, 6.07) is 3.11. The third-order valence-electron chi connectivity index (χ3n) is 2.71. The van der Waals surface area contributed by atoms with Crippen molar-refractivity contribution in [3.8, 4) is 0 Å². The molecule has 1 aromatic carbocycles. The standard InChI is InChI=1S/C15H18F2N2O2/c1-4-14(20)12(9-19(2)3)15(21)18-8-10-5-6-11(16)7-13(10)17/h5-7,9H,4,8H2,1-3H3,(H,18,21)/b12-9+. The van der Waals surface area contributed by atoms with E-state index in [1.165, 1.54) is 12.3 Å². The highest BCUT2D eigenvalue weighted by atomic mass is 19.1. The monoisotopic (exact) mass is 296 g/mol. The fourth-order valence-corrected chi connectivity index (χ4v) is 1.64. The summed E-state index contributed by atoms with van der Waals surface area (Å²) in [5.74, 6) is -2.31. The summed E-state index contributed by atoms with van der Waals surface area (Å²) in [6.45, 7) is 1.53. The van der Waals surface area contributed by atoms with Gasteiger partial charge in [0.15, 0.2) is 5.78 Å². The Morgan fingerprint density at radius 3 is 2.48 bits per heavy atom. The molecule has 0 aliphatic rings. The van der Waals surface area contributed by atoms with Gasteiger partial charge in [-0.25, -0.2) is 8.78 Å². The molecule has 0 spiro atoms. The lowest BCUT2D eigenvalue weighted by atomic mass is 10.1. The number of nitrogens with zero attached hydrogens (tertiary/aromatic N) is 1. The molecule has 21 heavy (non-hydrogen) atoms. The van der Waals surface area contributed by atoms with Crippen LogP contribution >= 0.6 is 0 Å². The van der Waals surface area contributed by atoms with Gasteiger partial charge in [0.25, 0.3) is 5.91 Å². The van der Waals surface area contributed by atoms with E-state index in [0.29, 0.717) is 0 Å². The summed E-state index contributed by atoms with van der Waals surface area (Å²) >= 11 is 0. The lowest BCUT2D eigenvalue weighted by Crippen LogP contribution is -2.29. The van der Waals surface area contributed by atoms with E-state index >= 15 is 0 Å². The molecule has 0 atom stereocenters. The van der Waals surface area contributed by atoms with Crippen LogP contribution in [0.5, 0.6) is 0 Å². The number of amides is 1. The molecule has 0 heterocycles. The third kappa shape index (κ3) is 4.98. The van der Waals surface area contributed by atoms with Crippen molar-refractivity contribution in [2.45, 2.75) is 19.9 Å². The van der Waals surface area contributed by atoms with E-state index in [2.05, 4.69) is 5.32 Å². The van der Waals surface area contributed by atoms with Crippen LogP contribution in [-0.2, 0) is 16.1 Å². The Kier molecular flexibility index (Phi) is 6.02. The van der Waals surface area contributed by atoms with Crippen molar-refractivity contribution in [2.24, 2.45) is 0 Å². The molecule has 0 bridgehead atoms. The van der Waals surface area contributed by atoms with E-state index < -0.39 is 17.5 Å². The van der Waals surface area contributed by atoms with Gasteiger partial charge in [0.05, 0.1) is 5.57 Å². The third-order valence-corrected chi connectivity index (χ3v) is 2.71. The molecule has 0 saturated heterocycles. The van der Waals surface area contributed by atoms with Crippen molar-refractivity contribution in [1.82, 2.24) is 10.2 Å². The van der Waals surface area contributed by atoms with Gasteiger partial charge in [-0.15, -0.1) is 0 Å². The molecule has 1 amide bonds. The lowest BCUT2D eigenvalue weighted by molar-refractivity contribution is -0.122. The molecule has 1 aromatic rings. The lowest BCUT2D eigenvalue weighted by Gasteiger charge is -2.11. The predicted molar refractivity (Wildman–Crippen MR) is 75.3 cm³/mol. The molecule has 114 valence electrons. The molecular formula is C15H18F2N2O2. The summed E-state index contributed by atoms with van der Waals surface area (Å²) in [6.07, 6.45) is 1.61. The number of carbonyl (C=O) groups excluding carboxylic acids is 2. The second kappa shape index (κ2) is 7.52. The first-order valence-corrected chi connectivity index (χ1v) is 6.48. The molecule has 4 nitrogen and oxygen atoms in total. The fraction of sp³-hybridized carbons (Fsp3) is 0.333. The van der Waals surface area contributed by atoms with Crippen molar-refractivity contribution in [3.63, 3.8) is 0 Å². The number of Topliss-reactive ketones (excluding diaryl/α,β-unsaturated/α-hetero) is 1. The van der Waals surface area contributed by atoms with Gasteiger partial charge in [-0.3, -0.25) is 9.59 Å². The molecule has 1 N–H and O–H groups in total. The first kappa shape index (κ1) is 16.8. The van der Waals surface area contributed by atoms with Crippen molar-refractivity contribution >= 4 is 11.7 Å². The fourth-order valence-electron chi connectivity index (χ4n) is 1.64. The first-order valence-electron chi connectivity index (χ1n) is 6.48. The summed E-state index contributed by atoms with van der Waals surface area (Å²) in [7, 11) is 3.38. The van der Waals surface area contributed by atoms with Crippen LogP contribution in [0.1, 0.15) is 18.9 Å². The van der Waals surface area contributed by atoms with Crippen LogP contribution in [0.2, 0.25) is 0 Å². The zero-order chi connectivity index (χ0) is 16.0. The number of ketones is 1. The van der Waals surface area contributed by atoms with E-state index in [-0.39, 0.29) is 29.9 Å². The number of halogens is 2. The summed E-state index contributed by atoms with van der Waals surface area (Å²) in [5.41, 5.74) is 0.155.